The van der Waals surface area contributed by atoms with Gasteiger partial charge in [-0.2, -0.15) is 0 Å². The van der Waals surface area contributed by atoms with Crippen molar-refractivity contribution < 1.29 is 10.2 Å². The minimum Gasteiger partial charge on any atom is -0.392 e. The molecule has 5 heteroatoms. The Morgan fingerprint density at radius 2 is 1.85 bits per heavy atom. The molecule has 3 nitrogen and oxygen atoms in total. The fourth-order valence-corrected chi connectivity index (χ4v) is 1.86. The molecule has 0 spiro atoms. The Morgan fingerprint density at radius 1 is 1.38 bits per heavy atom. The lowest BCUT2D eigenvalue weighted by Crippen LogP contribution is -2.45. The van der Waals surface area contributed by atoms with Crippen LogP contribution in [0.5, 0.6) is 0 Å². The van der Waals surface area contributed by atoms with Crippen LogP contribution in [0.25, 0.3) is 0 Å². The number of aliphatic hydroxyl groups excluding tert-OH is 2. The van der Waals surface area contributed by atoms with Crippen LogP contribution in [0.4, 0.5) is 0 Å². The summed E-state index contributed by atoms with van der Waals surface area (Å²) in [5.41, 5.74) is 0. The molecule has 0 bridgehead atoms. The zero-order chi connectivity index (χ0) is 9.14. The van der Waals surface area contributed by atoms with Crippen molar-refractivity contribution in [3.05, 3.63) is 11.1 Å². The van der Waals surface area contributed by atoms with Gasteiger partial charge in [-0.25, -0.2) is 0 Å². The van der Waals surface area contributed by atoms with E-state index in [2.05, 4.69) is 22.5 Å². The maximum Gasteiger partial charge on any atom is 0.0692 e. The van der Waals surface area contributed by atoms with Crippen molar-refractivity contribution in [2.75, 3.05) is 19.6 Å². The van der Waals surface area contributed by atoms with E-state index in [1.807, 2.05) is 4.90 Å². The number of likely N-dealkylation sites (tertiary alicyclic amines) is 1. The van der Waals surface area contributed by atoms with Crippen LogP contribution < -0.4 is 0 Å². The first kappa shape index (κ1) is 13.4. The normalized spacial score (nSPS) is 29.5. The monoisotopic (exact) mass is 271 g/mol. The van der Waals surface area contributed by atoms with Crippen LogP contribution in [0.2, 0.25) is 0 Å². The topological polar surface area (TPSA) is 43.7 Å². The Kier molecular flexibility index (Phi) is 6.16. The lowest BCUT2D eigenvalue weighted by molar-refractivity contribution is -0.00371. The highest BCUT2D eigenvalue weighted by molar-refractivity contribution is 9.11. The Balaban J connectivity index is 0.00000144. The van der Waals surface area contributed by atoms with Gasteiger partial charge in [-0.05, 0) is 0 Å². The first-order valence-electron chi connectivity index (χ1n) is 3.99. The summed E-state index contributed by atoms with van der Waals surface area (Å²) in [6, 6.07) is 0. The van der Waals surface area contributed by atoms with Gasteiger partial charge in [-0.15, -0.1) is 12.4 Å². The van der Waals surface area contributed by atoms with Gasteiger partial charge in [0, 0.05) is 30.5 Å². The molecule has 0 amide bonds. The summed E-state index contributed by atoms with van der Waals surface area (Å²) in [4.78, 5) is 1.98. The zero-order valence-electron chi connectivity index (χ0n) is 7.32. The highest BCUT2D eigenvalue weighted by atomic mass is 79.9. The molecule has 1 aliphatic rings. The summed E-state index contributed by atoms with van der Waals surface area (Å²) >= 11 is 3.25. The van der Waals surface area contributed by atoms with Gasteiger partial charge >= 0.3 is 0 Å². The third-order valence-electron chi connectivity index (χ3n) is 1.88. The number of β-amino-alcohol motifs (C(OH)–C–C–N with tert-alkyl or cyclic N) is 2. The first-order chi connectivity index (χ1) is 5.58. The smallest absolute Gasteiger partial charge is 0.0692 e. The summed E-state index contributed by atoms with van der Waals surface area (Å²) in [5, 5.41) is 18.6. The van der Waals surface area contributed by atoms with Crippen LogP contribution in [0.3, 0.4) is 0 Å². The Morgan fingerprint density at radius 3 is 2.23 bits per heavy atom. The predicted octanol–water partition coefficient (Wildman–Crippen LogP) is 0.744. The molecule has 1 heterocycles. The number of hydrogen-bond acceptors (Lipinski definition) is 3. The first-order valence-corrected chi connectivity index (χ1v) is 4.79. The van der Waals surface area contributed by atoms with Gasteiger partial charge in [-0.1, -0.05) is 22.5 Å². The quantitative estimate of drug-likeness (QED) is 0.779. The predicted molar refractivity (Wildman–Crippen MR) is 58.4 cm³/mol. The van der Waals surface area contributed by atoms with Crippen molar-refractivity contribution in [2.24, 2.45) is 0 Å². The largest absolute Gasteiger partial charge is 0.392 e. The molecular formula is C8H15BrClNO2. The summed E-state index contributed by atoms with van der Waals surface area (Å²) in [6.45, 7) is 5.65. The molecule has 78 valence electrons. The molecule has 0 radical (unpaired) electrons. The van der Waals surface area contributed by atoms with Crippen LogP contribution in [0.15, 0.2) is 11.1 Å². The molecule has 13 heavy (non-hydrogen) atoms. The van der Waals surface area contributed by atoms with E-state index < -0.39 is 12.2 Å². The minimum atomic E-state index is -0.402. The molecule has 0 saturated carbocycles. The number of piperidine rings is 1. The molecule has 1 aliphatic heterocycles. The molecule has 0 aromatic rings. The molecule has 0 aromatic carbocycles. The maximum absolute atomic E-state index is 9.32. The Hall–Kier alpha value is 0.390. The van der Waals surface area contributed by atoms with Crippen molar-refractivity contribution in [2.45, 2.75) is 18.6 Å². The van der Waals surface area contributed by atoms with E-state index in [-0.39, 0.29) is 12.4 Å². The molecule has 0 aromatic heterocycles. The summed E-state index contributed by atoms with van der Waals surface area (Å²) in [6.07, 6.45) is -0.313. The molecule has 0 aliphatic carbocycles. The van der Waals surface area contributed by atoms with Crippen LogP contribution in [0.1, 0.15) is 6.42 Å². The molecule has 1 rings (SSSR count). The number of hydrogen-bond donors (Lipinski definition) is 2. The highest BCUT2D eigenvalue weighted by Gasteiger charge is 2.23. The summed E-state index contributed by atoms with van der Waals surface area (Å²) in [7, 11) is 0. The molecule has 2 atom stereocenters. The van der Waals surface area contributed by atoms with Gasteiger partial charge in [0.1, 0.15) is 0 Å². The van der Waals surface area contributed by atoms with Crippen molar-refractivity contribution in [1.29, 1.82) is 0 Å². The lowest BCUT2D eigenvalue weighted by atomic mass is 10.1. The van der Waals surface area contributed by atoms with Gasteiger partial charge in [0.25, 0.3) is 0 Å². The average molecular weight is 273 g/mol. The maximum atomic E-state index is 9.32. The van der Waals surface area contributed by atoms with E-state index in [1.54, 1.807) is 0 Å². The summed E-state index contributed by atoms with van der Waals surface area (Å²) in [5.74, 6) is 0. The molecular weight excluding hydrogens is 257 g/mol. The second-order valence-corrected chi connectivity index (χ2v) is 4.38. The van der Waals surface area contributed by atoms with Gasteiger partial charge in [-0.3, -0.25) is 4.90 Å². The molecule has 2 N–H and O–H groups in total. The second-order valence-electron chi connectivity index (χ2n) is 3.25. The number of rotatable bonds is 2. The van der Waals surface area contributed by atoms with E-state index in [4.69, 9.17) is 0 Å². The molecule has 1 fully saturated rings. The minimum absolute atomic E-state index is 0. The SMILES string of the molecule is C=C(Br)CN1C[C@H](O)C[C@H](O)C1.Cl. The third-order valence-corrected chi connectivity index (χ3v) is 2.13. The lowest BCUT2D eigenvalue weighted by Gasteiger charge is -2.32. The number of halogens is 2. The van der Waals surface area contributed by atoms with Crippen molar-refractivity contribution in [3.8, 4) is 0 Å². The van der Waals surface area contributed by atoms with Crippen LogP contribution in [-0.2, 0) is 0 Å². The second kappa shape index (κ2) is 5.98. The van der Waals surface area contributed by atoms with E-state index in [0.717, 1.165) is 4.48 Å². The number of nitrogens with zero attached hydrogens (tertiary/aromatic N) is 1. The fourth-order valence-electron chi connectivity index (χ4n) is 1.51. The standard InChI is InChI=1S/C8H14BrNO2.ClH/c1-6(9)3-10-4-7(11)2-8(12)5-10;/h7-8,11-12H,1-5H2;1H/t7-,8+;. The van der Waals surface area contributed by atoms with E-state index in [9.17, 15) is 10.2 Å². The fraction of sp³-hybridized carbons (Fsp3) is 0.750. The van der Waals surface area contributed by atoms with Crippen molar-refractivity contribution in [1.82, 2.24) is 4.90 Å². The zero-order valence-corrected chi connectivity index (χ0v) is 9.72. The van der Waals surface area contributed by atoms with Crippen LogP contribution in [0, 0.1) is 0 Å². The van der Waals surface area contributed by atoms with E-state index >= 15 is 0 Å². The van der Waals surface area contributed by atoms with Crippen LogP contribution in [-0.4, -0.2) is 47.0 Å². The Bertz CT molecular complexity index is 170. The van der Waals surface area contributed by atoms with Gasteiger partial charge in [0.15, 0.2) is 0 Å². The van der Waals surface area contributed by atoms with Crippen molar-refractivity contribution >= 4 is 28.3 Å². The molecule has 0 unspecified atom stereocenters. The van der Waals surface area contributed by atoms with E-state index in [0.29, 0.717) is 26.1 Å². The summed E-state index contributed by atoms with van der Waals surface area (Å²) < 4.78 is 0.879. The number of aliphatic hydroxyl groups is 2. The van der Waals surface area contributed by atoms with Gasteiger partial charge in [0.05, 0.1) is 12.2 Å². The third kappa shape index (κ3) is 4.98. The average Bonchev–Trinajstić information content (AvgIpc) is 1.81. The van der Waals surface area contributed by atoms with Gasteiger partial charge < -0.3 is 10.2 Å². The van der Waals surface area contributed by atoms with Crippen molar-refractivity contribution in [3.63, 3.8) is 0 Å². The van der Waals surface area contributed by atoms with Crippen LogP contribution >= 0.6 is 28.3 Å². The molecule has 1 saturated heterocycles. The van der Waals surface area contributed by atoms with Gasteiger partial charge in [0.2, 0.25) is 0 Å². The Labute approximate surface area is 93.0 Å². The van der Waals surface area contributed by atoms with E-state index in [1.165, 1.54) is 0 Å². The highest BCUT2D eigenvalue weighted by Crippen LogP contribution is 2.13.